The van der Waals surface area contributed by atoms with Crippen molar-refractivity contribution in [2.75, 3.05) is 5.73 Å². The monoisotopic (exact) mass is 269 g/mol. The molecule has 1 heterocycles. The van der Waals surface area contributed by atoms with E-state index in [0.717, 1.165) is 17.7 Å². The van der Waals surface area contributed by atoms with E-state index in [1.165, 1.54) is 0 Å². The molecular weight excluding hydrogens is 259 g/mol. The van der Waals surface area contributed by atoms with Gasteiger partial charge < -0.3 is 10.5 Å². The van der Waals surface area contributed by atoms with Crippen LogP contribution in [0, 0.1) is 0 Å². The number of halogens is 3. The van der Waals surface area contributed by atoms with Crippen LogP contribution in [0.25, 0.3) is 0 Å². The van der Waals surface area contributed by atoms with Gasteiger partial charge in [-0.2, -0.15) is 13.2 Å². The largest absolute Gasteiger partial charge is 0.472 e. The maximum Gasteiger partial charge on any atom is 0.435 e. The number of benzene rings is 1. The van der Waals surface area contributed by atoms with Crippen molar-refractivity contribution < 1.29 is 17.9 Å². The van der Waals surface area contributed by atoms with Crippen molar-refractivity contribution in [2.45, 2.75) is 12.8 Å². The summed E-state index contributed by atoms with van der Waals surface area (Å²) in [7, 11) is 0. The molecule has 2 N–H and O–H groups in total. The molecule has 19 heavy (non-hydrogen) atoms. The van der Waals surface area contributed by atoms with E-state index < -0.39 is 11.9 Å². The minimum absolute atomic E-state index is 0.0322. The molecule has 1 aromatic carbocycles. The maximum atomic E-state index is 12.3. The summed E-state index contributed by atoms with van der Waals surface area (Å²) in [6.07, 6.45) is -4.50. The van der Waals surface area contributed by atoms with Crippen molar-refractivity contribution in [3.63, 3.8) is 0 Å². The Morgan fingerprint density at radius 2 is 1.68 bits per heavy atom. The number of rotatable bonds is 3. The summed E-state index contributed by atoms with van der Waals surface area (Å²) in [5.41, 5.74) is 5.93. The second-order valence-electron chi connectivity index (χ2n) is 3.78. The van der Waals surface area contributed by atoms with Crippen LogP contribution in [-0.2, 0) is 12.8 Å². The zero-order valence-corrected chi connectivity index (χ0v) is 9.69. The first-order chi connectivity index (χ1) is 8.95. The molecule has 0 aliphatic carbocycles. The third-order valence-corrected chi connectivity index (χ3v) is 2.30. The summed E-state index contributed by atoms with van der Waals surface area (Å²) >= 11 is 0. The molecule has 0 aliphatic rings. The van der Waals surface area contributed by atoms with Gasteiger partial charge in [-0.25, -0.2) is 0 Å². The molecule has 0 fully saturated rings. The molecule has 0 amide bonds. The summed E-state index contributed by atoms with van der Waals surface area (Å²) in [5, 5.41) is 6.42. The number of hydrogen-bond donors (Lipinski definition) is 1. The van der Waals surface area contributed by atoms with Crippen molar-refractivity contribution in [3.05, 3.63) is 47.7 Å². The smallest absolute Gasteiger partial charge is 0.435 e. The van der Waals surface area contributed by atoms with Crippen LogP contribution >= 0.6 is 0 Å². The second kappa shape index (κ2) is 5.13. The minimum Gasteiger partial charge on any atom is -0.472 e. The average Bonchev–Trinajstić information content (AvgIpc) is 2.37. The van der Waals surface area contributed by atoms with Gasteiger partial charge in [-0.1, -0.05) is 12.1 Å². The number of nitrogens with zero attached hydrogens (tertiary/aromatic N) is 2. The van der Waals surface area contributed by atoms with Crippen LogP contribution < -0.4 is 10.5 Å². The van der Waals surface area contributed by atoms with E-state index in [-0.39, 0.29) is 12.5 Å². The standard InChI is InChI=1S/C12H10F3N3O/c13-12(14,15)10-5-6-11(18-17-10)19-7-8-1-3-9(16)4-2-8/h1-6H,7,16H2. The van der Waals surface area contributed by atoms with Gasteiger partial charge in [0.25, 0.3) is 0 Å². The molecule has 0 saturated carbocycles. The van der Waals surface area contributed by atoms with Crippen LogP contribution in [0.1, 0.15) is 11.3 Å². The van der Waals surface area contributed by atoms with Gasteiger partial charge in [0.1, 0.15) is 6.61 Å². The highest BCUT2D eigenvalue weighted by Crippen LogP contribution is 2.27. The van der Waals surface area contributed by atoms with E-state index in [0.29, 0.717) is 5.69 Å². The molecule has 0 bridgehead atoms. The SMILES string of the molecule is Nc1ccc(COc2ccc(C(F)(F)F)nn2)cc1. The molecule has 2 aromatic rings. The number of ether oxygens (including phenoxy) is 1. The Morgan fingerprint density at radius 1 is 1.00 bits per heavy atom. The van der Waals surface area contributed by atoms with E-state index in [1.54, 1.807) is 24.3 Å². The molecule has 2 rings (SSSR count). The van der Waals surface area contributed by atoms with Crippen molar-refractivity contribution in [1.29, 1.82) is 0 Å². The van der Waals surface area contributed by atoms with Crippen LogP contribution in [0.15, 0.2) is 36.4 Å². The second-order valence-corrected chi connectivity index (χ2v) is 3.78. The Labute approximate surface area is 107 Å². The van der Waals surface area contributed by atoms with Crippen LogP contribution in [0.3, 0.4) is 0 Å². The zero-order valence-electron chi connectivity index (χ0n) is 9.69. The predicted molar refractivity (Wildman–Crippen MR) is 62.2 cm³/mol. The molecule has 1 aromatic heterocycles. The molecule has 0 aliphatic heterocycles. The number of alkyl halides is 3. The number of nitrogens with two attached hydrogens (primary N) is 1. The fraction of sp³-hybridized carbons (Fsp3) is 0.167. The maximum absolute atomic E-state index is 12.3. The molecule has 0 spiro atoms. The van der Waals surface area contributed by atoms with Gasteiger partial charge in [0.15, 0.2) is 5.69 Å². The van der Waals surface area contributed by atoms with Gasteiger partial charge in [0.05, 0.1) is 0 Å². The van der Waals surface area contributed by atoms with Crippen LogP contribution in [0.2, 0.25) is 0 Å². The lowest BCUT2D eigenvalue weighted by Gasteiger charge is -2.07. The number of hydrogen-bond acceptors (Lipinski definition) is 4. The van der Waals surface area contributed by atoms with Gasteiger partial charge >= 0.3 is 6.18 Å². The van der Waals surface area contributed by atoms with E-state index >= 15 is 0 Å². The molecule has 100 valence electrons. The highest BCUT2D eigenvalue weighted by Gasteiger charge is 2.32. The summed E-state index contributed by atoms with van der Waals surface area (Å²) in [4.78, 5) is 0. The molecule has 0 radical (unpaired) electrons. The van der Waals surface area contributed by atoms with Gasteiger partial charge in [0, 0.05) is 11.8 Å². The first-order valence-electron chi connectivity index (χ1n) is 5.33. The minimum atomic E-state index is -4.50. The highest BCUT2D eigenvalue weighted by atomic mass is 19.4. The van der Waals surface area contributed by atoms with Crippen LogP contribution in [-0.4, -0.2) is 10.2 Å². The third-order valence-electron chi connectivity index (χ3n) is 2.30. The quantitative estimate of drug-likeness (QED) is 0.870. The van der Waals surface area contributed by atoms with Gasteiger partial charge in [0.2, 0.25) is 5.88 Å². The lowest BCUT2D eigenvalue weighted by Crippen LogP contribution is -2.09. The number of nitrogen functional groups attached to an aromatic ring is 1. The van der Waals surface area contributed by atoms with E-state index in [1.807, 2.05) is 0 Å². The van der Waals surface area contributed by atoms with Crippen LogP contribution in [0.4, 0.5) is 18.9 Å². The Kier molecular flexibility index (Phi) is 3.55. The average molecular weight is 269 g/mol. The normalized spacial score (nSPS) is 11.3. The third kappa shape index (κ3) is 3.57. The van der Waals surface area contributed by atoms with E-state index in [2.05, 4.69) is 10.2 Å². The van der Waals surface area contributed by atoms with Crippen molar-refractivity contribution in [1.82, 2.24) is 10.2 Å². The van der Waals surface area contributed by atoms with Crippen molar-refractivity contribution in [3.8, 4) is 5.88 Å². The molecule has 0 unspecified atom stereocenters. The number of aromatic nitrogens is 2. The summed E-state index contributed by atoms with van der Waals surface area (Å²) < 4.78 is 42.0. The van der Waals surface area contributed by atoms with Crippen molar-refractivity contribution in [2.24, 2.45) is 0 Å². The van der Waals surface area contributed by atoms with E-state index in [9.17, 15) is 13.2 Å². The number of anilines is 1. The fourth-order valence-electron chi connectivity index (χ4n) is 1.32. The first kappa shape index (κ1) is 13.1. The zero-order chi connectivity index (χ0) is 13.9. The Bertz CT molecular complexity index is 538. The van der Waals surface area contributed by atoms with Gasteiger partial charge in [-0.05, 0) is 23.8 Å². The molecule has 7 heteroatoms. The topological polar surface area (TPSA) is 61.0 Å². The van der Waals surface area contributed by atoms with Gasteiger partial charge in [-0.3, -0.25) is 0 Å². The Morgan fingerprint density at radius 3 is 2.21 bits per heavy atom. The molecule has 0 atom stereocenters. The fourth-order valence-corrected chi connectivity index (χ4v) is 1.32. The molecule has 0 saturated heterocycles. The summed E-state index contributed by atoms with van der Waals surface area (Å²) in [5.74, 6) is 0.0322. The lowest BCUT2D eigenvalue weighted by atomic mass is 10.2. The summed E-state index contributed by atoms with van der Waals surface area (Å²) in [6.45, 7) is 0.181. The Hall–Kier alpha value is -2.31. The van der Waals surface area contributed by atoms with Crippen molar-refractivity contribution >= 4 is 5.69 Å². The first-order valence-corrected chi connectivity index (χ1v) is 5.33. The lowest BCUT2D eigenvalue weighted by molar-refractivity contribution is -0.141. The molecular formula is C12H10F3N3O. The van der Waals surface area contributed by atoms with E-state index in [4.69, 9.17) is 10.5 Å². The highest BCUT2D eigenvalue weighted by molar-refractivity contribution is 5.39. The van der Waals surface area contributed by atoms with Gasteiger partial charge in [-0.15, -0.1) is 10.2 Å². The molecule has 4 nitrogen and oxygen atoms in total. The summed E-state index contributed by atoms with van der Waals surface area (Å²) in [6, 6.07) is 8.88. The predicted octanol–water partition coefficient (Wildman–Crippen LogP) is 2.66. The van der Waals surface area contributed by atoms with Crippen LogP contribution in [0.5, 0.6) is 5.88 Å². The Balaban J connectivity index is 1.98.